The standard InChI is InChI=1S/C33H43N3O7/c1-21(37)17-18-28(22(2)38)35-31(40)36-29(30(39)43-33(3,4)5)16-10-11-19-34-32(41)42-20-27-25-14-8-6-12-23(25)24-13-7-9-15-26(24)27/h6-9,12-15,27-29H,10-11,16-20H2,1-5H3,(H,34,41)(H2,35,36,40)/t28?,29-/m0/s1. The average molecular weight is 594 g/mol. The molecule has 2 aromatic carbocycles. The van der Waals surface area contributed by atoms with Gasteiger partial charge in [-0.25, -0.2) is 14.4 Å². The smallest absolute Gasteiger partial charge is 0.407 e. The second-order valence-corrected chi connectivity index (χ2v) is 11.9. The zero-order chi connectivity index (χ0) is 31.6. The molecule has 1 aliphatic carbocycles. The topological polar surface area (TPSA) is 140 Å². The molecule has 0 spiro atoms. The van der Waals surface area contributed by atoms with Crippen LogP contribution in [0.1, 0.15) is 83.8 Å². The number of alkyl carbamates (subject to hydrolysis) is 1. The van der Waals surface area contributed by atoms with E-state index in [-0.39, 0.29) is 43.4 Å². The third-order valence-corrected chi connectivity index (χ3v) is 7.11. The molecular weight excluding hydrogens is 550 g/mol. The number of fused-ring (bicyclic) bond motifs is 3. The Labute approximate surface area is 253 Å². The van der Waals surface area contributed by atoms with E-state index in [4.69, 9.17) is 9.47 Å². The lowest BCUT2D eigenvalue weighted by Crippen LogP contribution is -2.51. The van der Waals surface area contributed by atoms with Crippen LogP contribution in [-0.4, -0.2) is 60.5 Å². The molecule has 0 fully saturated rings. The van der Waals surface area contributed by atoms with Crippen molar-refractivity contribution in [2.45, 2.75) is 90.3 Å². The lowest BCUT2D eigenvalue weighted by molar-refractivity contribution is -0.157. The van der Waals surface area contributed by atoms with Crippen LogP contribution >= 0.6 is 0 Å². The molecule has 10 nitrogen and oxygen atoms in total. The number of unbranched alkanes of at least 4 members (excludes halogenated alkanes) is 1. The maximum absolute atomic E-state index is 12.8. The highest BCUT2D eigenvalue weighted by Crippen LogP contribution is 2.44. The molecule has 0 saturated carbocycles. The van der Waals surface area contributed by atoms with Gasteiger partial charge in [0.15, 0.2) is 5.78 Å². The fraction of sp³-hybridized carbons (Fsp3) is 0.485. The molecule has 3 N–H and O–H groups in total. The van der Waals surface area contributed by atoms with E-state index >= 15 is 0 Å². The van der Waals surface area contributed by atoms with Crippen molar-refractivity contribution in [1.82, 2.24) is 16.0 Å². The first-order valence-electron chi connectivity index (χ1n) is 14.7. The fourth-order valence-corrected chi connectivity index (χ4v) is 5.02. The number of nitrogens with one attached hydrogen (secondary N) is 3. The number of carbonyl (C=O) groups excluding carboxylic acids is 5. The Morgan fingerprint density at radius 2 is 1.40 bits per heavy atom. The molecule has 0 aromatic heterocycles. The van der Waals surface area contributed by atoms with Crippen molar-refractivity contribution < 1.29 is 33.4 Å². The van der Waals surface area contributed by atoms with Crippen LogP contribution in [-0.2, 0) is 23.9 Å². The van der Waals surface area contributed by atoms with Gasteiger partial charge in [-0.05, 0) is 82.6 Å². The van der Waals surface area contributed by atoms with Gasteiger partial charge in [-0.15, -0.1) is 0 Å². The van der Waals surface area contributed by atoms with E-state index in [0.717, 1.165) is 22.3 Å². The minimum absolute atomic E-state index is 0.0324. The number of carbonyl (C=O) groups is 5. The number of benzene rings is 2. The number of Topliss-reactive ketones (excluding diaryl/α,β-unsaturated/α-hetero) is 2. The maximum atomic E-state index is 12.8. The molecule has 1 unspecified atom stereocenters. The minimum Gasteiger partial charge on any atom is -0.458 e. The van der Waals surface area contributed by atoms with Gasteiger partial charge in [0, 0.05) is 18.9 Å². The summed E-state index contributed by atoms with van der Waals surface area (Å²) >= 11 is 0. The van der Waals surface area contributed by atoms with Crippen molar-refractivity contribution >= 4 is 29.7 Å². The summed E-state index contributed by atoms with van der Waals surface area (Å²) in [5, 5.41) is 7.92. The minimum atomic E-state index is -0.964. The summed E-state index contributed by atoms with van der Waals surface area (Å²) in [5.74, 6) is -1.01. The molecule has 0 heterocycles. The summed E-state index contributed by atoms with van der Waals surface area (Å²) < 4.78 is 11.0. The highest BCUT2D eigenvalue weighted by atomic mass is 16.6. The number of amides is 3. The van der Waals surface area contributed by atoms with Crippen LogP contribution < -0.4 is 16.0 Å². The average Bonchev–Trinajstić information content (AvgIpc) is 3.25. The number of ketones is 2. The molecular formula is C33H43N3O7. The van der Waals surface area contributed by atoms with E-state index in [1.807, 2.05) is 24.3 Å². The maximum Gasteiger partial charge on any atom is 0.407 e. The zero-order valence-corrected chi connectivity index (χ0v) is 25.7. The summed E-state index contributed by atoms with van der Waals surface area (Å²) in [6, 6.07) is 13.7. The Bertz CT molecular complexity index is 1270. The van der Waals surface area contributed by atoms with Crippen LogP contribution in [0.5, 0.6) is 0 Å². The van der Waals surface area contributed by atoms with E-state index in [2.05, 4.69) is 40.2 Å². The van der Waals surface area contributed by atoms with Crippen LogP contribution in [0.2, 0.25) is 0 Å². The fourth-order valence-electron chi connectivity index (χ4n) is 5.02. The molecule has 2 aromatic rings. The number of hydrogen-bond donors (Lipinski definition) is 3. The lowest BCUT2D eigenvalue weighted by Gasteiger charge is -2.25. The number of urea groups is 1. The Morgan fingerprint density at radius 1 is 0.814 bits per heavy atom. The number of hydrogen-bond acceptors (Lipinski definition) is 7. The summed E-state index contributed by atoms with van der Waals surface area (Å²) in [5.41, 5.74) is 3.82. The van der Waals surface area contributed by atoms with Crippen LogP contribution in [0.3, 0.4) is 0 Å². The first kappa shape index (κ1) is 33.3. The van der Waals surface area contributed by atoms with Gasteiger partial charge in [0.25, 0.3) is 0 Å². The van der Waals surface area contributed by atoms with Crippen molar-refractivity contribution in [3.63, 3.8) is 0 Å². The van der Waals surface area contributed by atoms with Gasteiger partial charge >= 0.3 is 18.1 Å². The van der Waals surface area contributed by atoms with Crippen molar-refractivity contribution in [3.8, 4) is 11.1 Å². The normalized spacial score (nSPS) is 13.6. The van der Waals surface area contributed by atoms with Crippen molar-refractivity contribution in [1.29, 1.82) is 0 Å². The van der Waals surface area contributed by atoms with Gasteiger partial charge in [-0.2, -0.15) is 0 Å². The zero-order valence-electron chi connectivity index (χ0n) is 25.7. The highest BCUT2D eigenvalue weighted by molar-refractivity contribution is 5.89. The third-order valence-electron chi connectivity index (χ3n) is 7.11. The van der Waals surface area contributed by atoms with E-state index in [9.17, 15) is 24.0 Å². The molecule has 10 heteroatoms. The molecule has 3 rings (SSSR count). The van der Waals surface area contributed by atoms with Crippen molar-refractivity contribution in [3.05, 3.63) is 59.7 Å². The molecule has 2 atom stereocenters. The first-order chi connectivity index (χ1) is 20.4. The van der Waals surface area contributed by atoms with Gasteiger partial charge < -0.3 is 30.2 Å². The second-order valence-electron chi connectivity index (χ2n) is 11.9. The second kappa shape index (κ2) is 15.3. The molecule has 232 valence electrons. The Morgan fingerprint density at radius 3 is 1.95 bits per heavy atom. The van der Waals surface area contributed by atoms with Crippen LogP contribution in [0.25, 0.3) is 11.1 Å². The quantitative estimate of drug-likeness (QED) is 0.206. The number of rotatable bonds is 14. The largest absolute Gasteiger partial charge is 0.458 e. The lowest BCUT2D eigenvalue weighted by atomic mass is 9.98. The monoisotopic (exact) mass is 593 g/mol. The van der Waals surface area contributed by atoms with Gasteiger partial charge in [-0.1, -0.05) is 48.5 Å². The third kappa shape index (κ3) is 10.2. The molecule has 0 saturated heterocycles. The molecule has 43 heavy (non-hydrogen) atoms. The Balaban J connectivity index is 1.47. The molecule has 1 aliphatic rings. The summed E-state index contributed by atoms with van der Waals surface area (Å²) in [4.78, 5) is 61.2. The van der Waals surface area contributed by atoms with Gasteiger partial charge in [0.2, 0.25) is 0 Å². The van der Waals surface area contributed by atoms with E-state index < -0.39 is 35.8 Å². The Kier molecular flexibility index (Phi) is 11.9. The number of esters is 1. The SMILES string of the molecule is CC(=O)CCC(NC(=O)N[C@@H](CCCCNC(=O)OCC1c2ccccc2-c2ccccc21)C(=O)OC(C)(C)C)C(C)=O. The summed E-state index contributed by atoms with van der Waals surface area (Å²) in [6.07, 6.45) is 1.08. The molecule has 0 bridgehead atoms. The van der Waals surface area contributed by atoms with E-state index in [1.54, 1.807) is 20.8 Å². The number of ether oxygens (including phenoxy) is 2. The van der Waals surface area contributed by atoms with Gasteiger partial charge in [-0.3, -0.25) is 4.79 Å². The van der Waals surface area contributed by atoms with Crippen LogP contribution in [0.15, 0.2) is 48.5 Å². The molecule has 0 radical (unpaired) electrons. The highest BCUT2D eigenvalue weighted by Gasteiger charge is 2.30. The van der Waals surface area contributed by atoms with E-state index in [1.165, 1.54) is 13.8 Å². The summed E-state index contributed by atoms with van der Waals surface area (Å²) in [6.45, 7) is 8.47. The van der Waals surface area contributed by atoms with Gasteiger partial charge in [0.05, 0.1) is 6.04 Å². The van der Waals surface area contributed by atoms with Crippen molar-refractivity contribution in [2.75, 3.05) is 13.2 Å². The van der Waals surface area contributed by atoms with Gasteiger partial charge in [0.1, 0.15) is 24.0 Å². The Hall–Kier alpha value is -4.21. The molecule has 3 amide bonds. The summed E-state index contributed by atoms with van der Waals surface area (Å²) in [7, 11) is 0. The van der Waals surface area contributed by atoms with Crippen molar-refractivity contribution in [2.24, 2.45) is 0 Å². The van der Waals surface area contributed by atoms with Crippen LogP contribution in [0, 0.1) is 0 Å². The van der Waals surface area contributed by atoms with E-state index in [0.29, 0.717) is 19.4 Å². The van der Waals surface area contributed by atoms with Crippen LogP contribution in [0.4, 0.5) is 9.59 Å². The predicted octanol–water partition coefficient (Wildman–Crippen LogP) is 5.03. The molecule has 0 aliphatic heterocycles. The first-order valence-corrected chi connectivity index (χ1v) is 14.7. The predicted molar refractivity (Wildman–Crippen MR) is 163 cm³/mol.